The van der Waals surface area contributed by atoms with Crippen molar-refractivity contribution in [3.8, 4) is 5.88 Å². The van der Waals surface area contributed by atoms with Crippen molar-refractivity contribution in [3.05, 3.63) is 41.5 Å². The highest BCUT2D eigenvalue weighted by molar-refractivity contribution is 5.87. The zero-order valence-corrected chi connectivity index (χ0v) is 18.4. The summed E-state index contributed by atoms with van der Waals surface area (Å²) in [6.07, 6.45) is 2.77. The van der Waals surface area contributed by atoms with Crippen LogP contribution < -0.4 is 9.64 Å². The molecule has 2 fully saturated rings. The Morgan fingerprint density at radius 2 is 2.03 bits per heavy atom. The second-order valence-electron chi connectivity index (χ2n) is 8.33. The number of nitrogens with zero attached hydrogens (tertiary/aromatic N) is 5. The lowest BCUT2D eigenvalue weighted by molar-refractivity contribution is -0.130. The monoisotopic (exact) mass is 437 g/mol. The molecule has 1 unspecified atom stereocenters. The van der Waals surface area contributed by atoms with Gasteiger partial charge < -0.3 is 23.8 Å². The molecule has 0 radical (unpaired) electrons. The molecule has 2 aliphatic heterocycles. The maximum Gasteiger partial charge on any atom is 0.227 e. The smallest absolute Gasteiger partial charge is 0.227 e. The van der Waals surface area contributed by atoms with Crippen LogP contribution in [0, 0.1) is 13.8 Å². The minimum absolute atomic E-state index is 0.0315. The number of aromatic nitrogens is 3. The van der Waals surface area contributed by atoms with Gasteiger partial charge >= 0.3 is 0 Å². The van der Waals surface area contributed by atoms with Gasteiger partial charge in [-0.2, -0.15) is 0 Å². The summed E-state index contributed by atoms with van der Waals surface area (Å²) in [5.74, 6) is 1.43. The molecule has 0 aliphatic carbocycles. The van der Waals surface area contributed by atoms with Gasteiger partial charge in [-0.25, -0.2) is 9.97 Å². The predicted molar refractivity (Wildman–Crippen MR) is 118 cm³/mol. The molecule has 5 rings (SSSR count). The van der Waals surface area contributed by atoms with Crippen LogP contribution in [0.1, 0.15) is 23.4 Å². The maximum atomic E-state index is 12.8. The van der Waals surface area contributed by atoms with E-state index in [2.05, 4.69) is 32.2 Å². The summed E-state index contributed by atoms with van der Waals surface area (Å²) in [5, 5.41) is 4.85. The summed E-state index contributed by atoms with van der Waals surface area (Å²) >= 11 is 0. The van der Waals surface area contributed by atoms with Crippen molar-refractivity contribution in [1.29, 1.82) is 0 Å². The summed E-state index contributed by atoms with van der Waals surface area (Å²) in [7, 11) is 0. The van der Waals surface area contributed by atoms with Crippen molar-refractivity contribution >= 4 is 22.5 Å². The Labute approximate surface area is 186 Å². The molecule has 0 bridgehead atoms. The first-order chi connectivity index (χ1) is 15.6. The lowest BCUT2D eigenvalue weighted by atomic mass is 10.1. The highest BCUT2D eigenvalue weighted by Gasteiger charge is 2.24. The number of aryl methyl sites for hydroxylation is 2. The van der Waals surface area contributed by atoms with Crippen molar-refractivity contribution in [2.45, 2.75) is 32.8 Å². The molecular weight excluding hydrogens is 410 g/mol. The molecule has 2 saturated heterocycles. The molecular formula is C23H27N5O4. The fraction of sp³-hybridized carbons (Fsp3) is 0.478. The number of anilines is 1. The van der Waals surface area contributed by atoms with E-state index in [0.717, 1.165) is 59.7 Å². The average Bonchev–Trinajstić information content (AvgIpc) is 3.44. The van der Waals surface area contributed by atoms with Gasteiger partial charge in [0.05, 0.1) is 36.2 Å². The first kappa shape index (κ1) is 20.7. The molecule has 2 aliphatic rings. The lowest BCUT2D eigenvalue weighted by Crippen LogP contribution is -2.49. The molecule has 168 valence electrons. The predicted octanol–water partition coefficient (Wildman–Crippen LogP) is 2.29. The van der Waals surface area contributed by atoms with Crippen LogP contribution in [0.3, 0.4) is 0 Å². The highest BCUT2D eigenvalue weighted by atomic mass is 16.5. The summed E-state index contributed by atoms with van der Waals surface area (Å²) in [4.78, 5) is 25.7. The van der Waals surface area contributed by atoms with E-state index in [4.69, 9.17) is 14.0 Å². The highest BCUT2D eigenvalue weighted by Crippen LogP contribution is 2.29. The Morgan fingerprint density at radius 3 is 2.75 bits per heavy atom. The molecule has 3 aromatic rings. The molecule has 4 heterocycles. The van der Waals surface area contributed by atoms with E-state index < -0.39 is 0 Å². The quantitative estimate of drug-likeness (QED) is 0.600. The van der Waals surface area contributed by atoms with E-state index in [9.17, 15) is 4.79 Å². The minimum Gasteiger partial charge on any atom is -0.471 e. The SMILES string of the molecule is Cc1noc(C)c1CC(=O)N1CCN(c2ccc3ncnc(OC4CCOC4)c3c2)CC1. The Balaban J connectivity index is 1.27. The second kappa shape index (κ2) is 8.74. The second-order valence-corrected chi connectivity index (χ2v) is 8.33. The number of benzene rings is 1. The Morgan fingerprint density at radius 1 is 1.19 bits per heavy atom. The molecule has 0 spiro atoms. The molecule has 2 aromatic heterocycles. The first-order valence-corrected chi connectivity index (χ1v) is 11.0. The summed E-state index contributed by atoms with van der Waals surface area (Å²) < 4.78 is 16.7. The van der Waals surface area contributed by atoms with E-state index in [0.29, 0.717) is 32.0 Å². The van der Waals surface area contributed by atoms with Crippen LogP contribution in [0.15, 0.2) is 29.0 Å². The number of rotatable bonds is 5. The third kappa shape index (κ3) is 4.12. The number of fused-ring (bicyclic) bond motifs is 1. The number of ether oxygens (including phenoxy) is 2. The van der Waals surface area contributed by atoms with Crippen molar-refractivity contribution < 1.29 is 18.8 Å². The van der Waals surface area contributed by atoms with Crippen LogP contribution in [-0.4, -0.2) is 71.4 Å². The van der Waals surface area contributed by atoms with Crippen LogP contribution >= 0.6 is 0 Å². The third-order valence-corrected chi connectivity index (χ3v) is 6.26. The third-order valence-electron chi connectivity index (χ3n) is 6.26. The van der Waals surface area contributed by atoms with Gasteiger partial charge in [0, 0.05) is 43.9 Å². The van der Waals surface area contributed by atoms with Gasteiger partial charge in [-0.1, -0.05) is 5.16 Å². The number of carbonyl (C=O) groups is 1. The number of hydrogen-bond donors (Lipinski definition) is 0. The average molecular weight is 438 g/mol. The standard InChI is InChI=1S/C23H27N5O4/c1-15-19(16(2)32-26-15)12-22(29)28-8-6-27(7-9-28)17-3-4-21-20(11-17)23(25-14-24-21)31-18-5-10-30-13-18/h3-4,11,14,18H,5-10,12-13H2,1-2H3. The van der Waals surface area contributed by atoms with E-state index >= 15 is 0 Å². The molecule has 1 aromatic carbocycles. The first-order valence-electron chi connectivity index (χ1n) is 11.0. The van der Waals surface area contributed by atoms with E-state index in [1.165, 1.54) is 6.33 Å². The Kier molecular flexibility index (Phi) is 5.65. The van der Waals surface area contributed by atoms with Gasteiger partial charge in [0.15, 0.2) is 0 Å². The molecule has 9 nitrogen and oxygen atoms in total. The van der Waals surface area contributed by atoms with Gasteiger partial charge in [-0.3, -0.25) is 4.79 Å². The lowest BCUT2D eigenvalue weighted by Gasteiger charge is -2.36. The van der Waals surface area contributed by atoms with Crippen LogP contribution in [-0.2, 0) is 16.0 Å². The fourth-order valence-electron chi connectivity index (χ4n) is 4.31. The zero-order valence-electron chi connectivity index (χ0n) is 18.4. The normalized spacial score (nSPS) is 19.0. The van der Waals surface area contributed by atoms with Crippen LogP contribution in [0.4, 0.5) is 5.69 Å². The number of amides is 1. The van der Waals surface area contributed by atoms with Crippen LogP contribution in [0.25, 0.3) is 10.9 Å². The number of carbonyl (C=O) groups excluding carboxylic acids is 1. The van der Waals surface area contributed by atoms with Crippen molar-refractivity contribution in [2.24, 2.45) is 0 Å². The summed E-state index contributed by atoms with van der Waals surface area (Å²) in [6, 6.07) is 6.15. The maximum absolute atomic E-state index is 12.8. The van der Waals surface area contributed by atoms with Crippen molar-refractivity contribution in [1.82, 2.24) is 20.0 Å². The topological polar surface area (TPSA) is 93.8 Å². The number of piperazine rings is 1. The number of hydrogen-bond acceptors (Lipinski definition) is 8. The molecule has 0 saturated carbocycles. The minimum atomic E-state index is 0.0315. The molecule has 1 atom stereocenters. The van der Waals surface area contributed by atoms with Gasteiger partial charge in [0.25, 0.3) is 0 Å². The molecule has 1 amide bonds. The largest absolute Gasteiger partial charge is 0.471 e. The Hall–Kier alpha value is -3.20. The Bertz CT molecular complexity index is 1100. The van der Waals surface area contributed by atoms with Gasteiger partial charge in [0.2, 0.25) is 11.8 Å². The van der Waals surface area contributed by atoms with E-state index in [-0.39, 0.29) is 12.0 Å². The molecule has 9 heteroatoms. The fourth-order valence-corrected chi connectivity index (χ4v) is 4.31. The van der Waals surface area contributed by atoms with Crippen molar-refractivity contribution in [2.75, 3.05) is 44.3 Å². The van der Waals surface area contributed by atoms with Crippen molar-refractivity contribution in [3.63, 3.8) is 0 Å². The van der Waals surface area contributed by atoms with Gasteiger partial charge in [0.1, 0.15) is 18.2 Å². The summed E-state index contributed by atoms with van der Waals surface area (Å²) in [6.45, 7) is 7.91. The zero-order chi connectivity index (χ0) is 22.1. The van der Waals surface area contributed by atoms with Crippen LogP contribution in [0.2, 0.25) is 0 Å². The van der Waals surface area contributed by atoms with Gasteiger partial charge in [-0.05, 0) is 32.0 Å². The molecule has 32 heavy (non-hydrogen) atoms. The van der Waals surface area contributed by atoms with E-state index in [1.54, 1.807) is 0 Å². The van der Waals surface area contributed by atoms with Gasteiger partial charge in [-0.15, -0.1) is 0 Å². The van der Waals surface area contributed by atoms with Crippen LogP contribution in [0.5, 0.6) is 5.88 Å². The van der Waals surface area contributed by atoms with E-state index in [1.807, 2.05) is 24.8 Å². The molecule has 0 N–H and O–H groups in total. The summed E-state index contributed by atoms with van der Waals surface area (Å²) in [5.41, 5.74) is 3.62.